The van der Waals surface area contributed by atoms with E-state index in [2.05, 4.69) is 45.6 Å². The lowest BCUT2D eigenvalue weighted by Gasteiger charge is -2.43. The van der Waals surface area contributed by atoms with Gasteiger partial charge in [-0.05, 0) is 189 Å². The van der Waals surface area contributed by atoms with Crippen molar-refractivity contribution in [1.82, 2.24) is 44.4 Å². The second-order valence-electron chi connectivity index (χ2n) is 33.2. The van der Waals surface area contributed by atoms with Gasteiger partial charge in [0.15, 0.2) is 0 Å². The molecule has 9 atom stereocenters. The van der Waals surface area contributed by atoms with E-state index in [9.17, 15) is 26.3 Å². The fourth-order valence-corrected chi connectivity index (χ4v) is 17.7. The molecule has 6 aromatic carbocycles. The molecule has 0 unspecified atom stereocenters. The summed E-state index contributed by atoms with van der Waals surface area (Å²) in [5, 5.41) is 10.7. The minimum atomic E-state index is -1.58. The highest BCUT2D eigenvalue weighted by molar-refractivity contribution is 5.88. The average Bonchev–Trinajstić information content (AvgIpc) is 1.54. The molecule has 15 rings (SSSR count). The standard InChI is InChI=1S/3C29H35F5N4/c3*1-4-29(3,34)16-38-17(2)11-20-25-21(31)7-5-8-24(25)36-27(20)28(38)26-22(32)12-18(13-23(26)33)35-19-14-37(15-19)10-6-9-30/h3*5,7-8,12-13,17,19,28,35-36H,4,6,9-11,14-16H2,1-3H3/t17-,28-,29+;2*17-,28-,29-/m110/s1. The first-order valence-corrected chi connectivity index (χ1v) is 40.2. The van der Waals surface area contributed by atoms with E-state index < -0.39 is 87.5 Å². The zero-order valence-corrected chi connectivity index (χ0v) is 66.2. The number of benzene rings is 6. The number of hydrogen-bond acceptors (Lipinski definition) is 9. The molecular weight excluding hydrogens is 1500 g/mol. The van der Waals surface area contributed by atoms with Crippen LogP contribution in [0.2, 0.25) is 0 Å². The summed E-state index contributed by atoms with van der Waals surface area (Å²) in [5.74, 6) is -5.65. The van der Waals surface area contributed by atoms with Crippen molar-refractivity contribution in [3.8, 4) is 0 Å². The molecule has 27 heteroatoms. The number of nitrogens with one attached hydrogen (secondary N) is 6. The zero-order valence-electron chi connectivity index (χ0n) is 66.2. The number of anilines is 3. The van der Waals surface area contributed by atoms with Gasteiger partial charge in [0.1, 0.15) is 69.4 Å². The van der Waals surface area contributed by atoms with Crippen LogP contribution in [0.4, 0.5) is 82.9 Å². The summed E-state index contributed by atoms with van der Waals surface area (Å²) in [7, 11) is 0. The number of nitrogens with zero attached hydrogens (tertiary/aromatic N) is 6. The number of hydrogen-bond donors (Lipinski definition) is 6. The van der Waals surface area contributed by atoms with Crippen LogP contribution in [0.1, 0.15) is 169 Å². The molecule has 3 saturated heterocycles. The summed E-state index contributed by atoms with van der Waals surface area (Å²) >= 11 is 0. The van der Waals surface area contributed by atoms with E-state index in [1.165, 1.54) is 75.4 Å². The van der Waals surface area contributed by atoms with E-state index >= 15 is 39.5 Å². The Hall–Kier alpha value is -7.95. The molecule has 114 heavy (non-hydrogen) atoms. The smallest absolute Gasteiger partial charge is 0.133 e. The molecule has 6 aliphatic rings. The van der Waals surface area contributed by atoms with Gasteiger partial charge in [0, 0.05) is 180 Å². The average molecular weight is 1600 g/mol. The van der Waals surface area contributed by atoms with Crippen LogP contribution in [0, 0.1) is 52.4 Å². The first-order valence-electron chi connectivity index (χ1n) is 40.2. The van der Waals surface area contributed by atoms with E-state index in [-0.39, 0.29) is 112 Å². The molecule has 9 heterocycles. The van der Waals surface area contributed by atoms with E-state index in [0.29, 0.717) is 181 Å². The van der Waals surface area contributed by atoms with Crippen molar-refractivity contribution in [2.45, 2.75) is 191 Å². The van der Waals surface area contributed by atoms with Crippen molar-refractivity contribution < 1.29 is 65.9 Å². The Bertz CT molecular complexity index is 4300. The molecular formula is C87H105F15N12. The first-order chi connectivity index (χ1) is 54.3. The van der Waals surface area contributed by atoms with Crippen molar-refractivity contribution in [2.24, 2.45) is 0 Å². The fourth-order valence-electron chi connectivity index (χ4n) is 17.7. The van der Waals surface area contributed by atoms with Crippen LogP contribution >= 0.6 is 0 Å². The Labute approximate surface area is 656 Å². The number of aromatic nitrogens is 3. The van der Waals surface area contributed by atoms with E-state index in [1.807, 2.05) is 20.8 Å². The Balaban J connectivity index is 0.000000149. The highest BCUT2D eigenvalue weighted by Gasteiger charge is 2.47. The van der Waals surface area contributed by atoms with Gasteiger partial charge in [0.05, 0.1) is 56.3 Å². The van der Waals surface area contributed by atoms with E-state index in [1.54, 1.807) is 71.9 Å². The predicted molar refractivity (Wildman–Crippen MR) is 422 cm³/mol. The Morgan fingerprint density at radius 3 is 0.825 bits per heavy atom. The molecule has 0 aliphatic carbocycles. The summed E-state index contributed by atoms with van der Waals surface area (Å²) < 4.78 is 223. The van der Waals surface area contributed by atoms with Crippen LogP contribution in [0.5, 0.6) is 0 Å². The molecule has 9 aromatic rings. The number of rotatable bonds is 27. The molecule has 6 N–H and O–H groups in total. The van der Waals surface area contributed by atoms with E-state index in [4.69, 9.17) is 0 Å². The van der Waals surface area contributed by atoms with Crippen LogP contribution in [-0.4, -0.2) is 196 Å². The van der Waals surface area contributed by atoms with Gasteiger partial charge in [-0.1, -0.05) is 39.0 Å². The molecule has 12 nitrogen and oxygen atoms in total. The molecule has 0 amide bonds. The Morgan fingerprint density at radius 1 is 0.368 bits per heavy atom. The van der Waals surface area contributed by atoms with Crippen molar-refractivity contribution in [3.05, 3.63) is 194 Å². The maximum absolute atomic E-state index is 15.8. The third-order valence-electron chi connectivity index (χ3n) is 24.4. The number of H-pyrrole nitrogens is 3. The molecule has 6 aliphatic heterocycles. The van der Waals surface area contributed by atoms with Gasteiger partial charge >= 0.3 is 0 Å². The zero-order chi connectivity index (χ0) is 81.6. The van der Waals surface area contributed by atoms with Crippen molar-refractivity contribution >= 4 is 49.8 Å². The number of alkyl halides is 6. The molecule has 0 saturated carbocycles. The summed E-state index contributed by atoms with van der Waals surface area (Å²) in [6, 6.07) is 18.1. The predicted octanol–water partition coefficient (Wildman–Crippen LogP) is 19.5. The monoisotopic (exact) mass is 1600 g/mol. The lowest BCUT2D eigenvalue weighted by molar-refractivity contribution is 0.0515. The Morgan fingerprint density at radius 2 is 0.605 bits per heavy atom. The molecule has 3 aromatic heterocycles. The van der Waals surface area contributed by atoms with Crippen LogP contribution in [0.3, 0.4) is 0 Å². The third-order valence-corrected chi connectivity index (χ3v) is 24.4. The van der Waals surface area contributed by atoms with Crippen LogP contribution in [-0.2, 0) is 19.3 Å². The van der Waals surface area contributed by atoms with Crippen LogP contribution in [0.25, 0.3) is 32.7 Å². The number of fused-ring (bicyclic) bond motifs is 9. The lowest BCUT2D eigenvalue weighted by Crippen LogP contribution is -2.54. The van der Waals surface area contributed by atoms with Gasteiger partial charge in [0.2, 0.25) is 0 Å². The molecule has 0 spiro atoms. The highest BCUT2D eigenvalue weighted by Crippen LogP contribution is 2.49. The summed E-state index contributed by atoms with van der Waals surface area (Å²) in [6.07, 6.45) is 3.42. The second kappa shape index (κ2) is 34.7. The third kappa shape index (κ3) is 17.7. The van der Waals surface area contributed by atoms with Gasteiger partial charge in [0.25, 0.3) is 0 Å². The topological polar surface area (TPSA) is 103 Å². The molecule has 618 valence electrons. The maximum Gasteiger partial charge on any atom is 0.133 e. The summed E-state index contributed by atoms with van der Waals surface area (Å²) in [6.45, 7) is 20.2. The SMILES string of the molecule is CC[C@@](C)(F)CN1[C@H](c2c(F)cc(NC3CN(CCCF)C3)cc2F)c2[nH]c3cccc(F)c3c2C[C@H]1C.CC[C@](C)(F)CN1[C@@H](c2c(F)cc(NC3CN(CCCF)C3)cc2F)c2[nH]c3cccc(F)c3c2C[C@@H]1C.CC[C@](C)(F)CN1[C@H](c2c(F)cc(NC3CN(CCCF)C3)cc2F)c2[nH]c3cccc(F)c3c2C[C@H]1C. The van der Waals surface area contributed by atoms with E-state index in [0.717, 1.165) is 0 Å². The minimum Gasteiger partial charge on any atom is -0.380 e. The second-order valence-corrected chi connectivity index (χ2v) is 33.2. The van der Waals surface area contributed by atoms with Crippen molar-refractivity contribution in [3.63, 3.8) is 0 Å². The maximum atomic E-state index is 15.8. The van der Waals surface area contributed by atoms with Crippen LogP contribution in [0.15, 0.2) is 91.0 Å². The van der Waals surface area contributed by atoms with Crippen molar-refractivity contribution in [1.29, 1.82) is 0 Å². The number of likely N-dealkylation sites (tertiary alicyclic amines) is 3. The quantitative estimate of drug-likeness (QED) is 0.0281. The molecule has 0 bridgehead atoms. The minimum absolute atomic E-state index is 0.0190. The highest BCUT2D eigenvalue weighted by atomic mass is 19.2. The van der Waals surface area contributed by atoms with Gasteiger partial charge in [-0.2, -0.15) is 0 Å². The number of halogens is 15. The molecule has 3 fully saturated rings. The summed E-state index contributed by atoms with van der Waals surface area (Å²) in [5.41, 5.74) is 0.855. The first kappa shape index (κ1) is 84.0. The number of aromatic amines is 3. The largest absolute Gasteiger partial charge is 0.380 e. The normalized spacial score (nSPS) is 22.3. The summed E-state index contributed by atoms with van der Waals surface area (Å²) in [4.78, 5) is 21.3. The Kier molecular flexibility index (Phi) is 25.6. The fraction of sp³-hybridized carbons (Fsp3) is 0.517. The van der Waals surface area contributed by atoms with Crippen molar-refractivity contribution in [2.75, 3.05) is 115 Å². The van der Waals surface area contributed by atoms with Gasteiger partial charge in [-0.3, -0.25) is 42.6 Å². The van der Waals surface area contributed by atoms with Gasteiger partial charge in [-0.15, -0.1) is 0 Å². The van der Waals surface area contributed by atoms with Gasteiger partial charge < -0.3 is 30.9 Å². The van der Waals surface area contributed by atoms with Gasteiger partial charge in [-0.25, -0.2) is 52.7 Å². The van der Waals surface area contributed by atoms with Crippen LogP contribution < -0.4 is 16.0 Å². The lowest BCUT2D eigenvalue weighted by atomic mass is 9.86. The molecule has 0 radical (unpaired) electrons.